The van der Waals surface area contributed by atoms with Crippen LogP contribution >= 0.6 is 11.3 Å². The molecule has 0 aliphatic rings. The molecule has 9 rings (SSSR count). The molecule has 9 aromatic rings. The molecule has 0 unspecified atom stereocenters. The number of aromatic nitrogens is 2. The summed E-state index contributed by atoms with van der Waals surface area (Å²) >= 11 is 1.85. The first-order valence-electron chi connectivity index (χ1n) is 17.6. The lowest BCUT2D eigenvalue weighted by Gasteiger charge is -2.10. The molecule has 0 N–H and O–H groups in total. The van der Waals surface area contributed by atoms with Gasteiger partial charge in [-0.3, -0.25) is 0 Å². The number of unbranched alkanes of at least 4 members (excludes halogenated alkanes) is 5. The summed E-state index contributed by atoms with van der Waals surface area (Å²) in [5, 5.41) is 17.1. The number of thiophene rings is 1. The monoisotopic (exact) mass is 651 g/mol. The summed E-state index contributed by atoms with van der Waals surface area (Å²) in [5.41, 5.74) is 9.20. The van der Waals surface area contributed by atoms with Crippen molar-refractivity contribution < 1.29 is 0 Å². The number of nitrogens with zero attached hydrogens (tertiary/aromatic N) is 3. The number of aryl methyl sites for hydroxylation is 1. The molecule has 0 fully saturated rings. The fourth-order valence-electron chi connectivity index (χ4n) is 7.92. The fourth-order valence-corrected chi connectivity index (χ4v) is 8.98. The van der Waals surface area contributed by atoms with E-state index in [4.69, 9.17) is 0 Å². The van der Waals surface area contributed by atoms with E-state index in [0.29, 0.717) is 5.56 Å². The minimum atomic E-state index is 0.682. The Hall–Kier alpha value is -5.37. The van der Waals surface area contributed by atoms with Crippen LogP contribution in [0.3, 0.4) is 0 Å². The van der Waals surface area contributed by atoms with Gasteiger partial charge in [-0.05, 0) is 97.3 Å². The summed E-state index contributed by atoms with van der Waals surface area (Å²) < 4.78 is 7.36. The first-order valence-corrected chi connectivity index (χ1v) is 18.5. The van der Waals surface area contributed by atoms with Crippen molar-refractivity contribution in [3.63, 3.8) is 0 Å². The summed E-state index contributed by atoms with van der Waals surface area (Å²) in [6.07, 6.45) is 9.07. The summed E-state index contributed by atoms with van der Waals surface area (Å²) in [6.45, 7) is 2.28. The highest BCUT2D eigenvalue weighted by atomic mass is 32.1. The number of hydrogen-bond donors (Lipinski definition) is 0. The molecule has 0 saturated heterocycles. The predicted octanol–water partition coefficient (Wildman–Crippen LogP) is 13.0. The summed E-state index contributed by atoms with van der Waals surface area (Å²) in [7, 11) is 0. The van der Waals surface area contributed by atoms with Crippen LogP contribution in [0.15, 0.2) is 121 Å². The Morgan fingerprint density at radius 2 is 1.06 bits per heavy atom. The van der Waals surface area contributed by atoms with Crippen LogP contribution in [-0.2, 0) is 6.42 Å². The van der Waals surface area contributed by atoms with Crippen LogP contribution in [0.2, 0.25) is 0 Å². The van der Waals surface area contributed by atoms with Crippen molar-refractivity contribution in [2.24, 2.45) is 0 Å². The van der Waals surface area contributed by atoms with Crippen molar-refractivity contribution in [3.05, 3.63) is 132 Å². The highest BCUT2D eigenvalue weighted by Crippen LogP contribution is 2.40. The zero-order valence-electron chi connectivity index (χ0n) is 27.7. The third-order valence-electron chi connectivity index (χ3n) is 10.3. The molecule has 0 atom stereocenters. The van der Waals surface area contributed by atoms with E-state index >= 15 is 0 Å². The molecule has 4 heteroatoms. The van der Waals surface area contributed by atoms with E-state index in [1.54, 1.807) is 0 Å². The number of para-hydroxylation sites is 2. The van der Waals surface area contributed by atoms with Crippen molar-refractivity contribution in [2.75, 3.05) is 0 Å². The van der Waals surface area contributed by atoms with Crippen molar-refractivity contribution in [3.8, 4) is 17.4 Å². The highest BCUT2D eigenvalue weighted by Gasteiger charge is 2.17. The minimum Gasteiger partial charge on any atom is -0.309 e. The molecule has 0 aliphatic carbocycles. The maximum Gasteiger partial charge on any atom is 0.0991 e. The molecule has 0 saturated carbocycles. The van der Waals surface area contributed by atoms with E-state index in [2.05, 4.69) is 131 Å². The number of rotatable bonds is 9. The lowest BCUT2D eigenvalue weighted by molar-refractivity contribution is 0.607. The van der Waals surface area contributed by atoms with E-state index in [1.807, 2.05) is 23.5 Å². The van der Waals surface area contributed by atoms with Gasteiger partial charge in [0.25, 0.3) is 0 Å². The van der Waals surface area contributed by atoms with E-state index in [1.165, 1.54) is 91.8 Å². The zero-order chi connectivity index (χ0) is 32.9. The van der Waals surface area contributed by atoms with E-state index in [9.17, 15) is 5.26 Å². The first kappa shape index (κ1) is 29.7. The maximum atomic E-state index is 9.61. The molecule has 3 aromatic heterocycles. The number of fused-ring (bicyclic) bond motifs is 9. The van der Waals surface area contributed by atoms with Crippen molar-refractivity contribution in [1.29, 1.82) is 5.26 Å². The smallest absolute Gasteiger partial charge is 0.0991 e. The Kier molecular flexibility index (Phi) is 7.44. The second kappa shape index (κ2) is 12.3. The second-order valence-electron chi connectivity index (χ2n) is 13.4. The van der Waals surface area contributed by atoms with Gasteiger partial charge in [0, 0.05) is 53.1 Å². The lowest BCUT2D eigenvalue weighted by Crippen LogP contribution is -1.94. The highest BCUT2D eigenvalue weighted by molar-refractivity contribution is 7.25. The molecule has 0 radical (unpaired) electrons. The van der Waals surface area contributed by atoms with Gasteiger partial charge in [0.1, 0.15) is 0 Å². The van der Waals surface area contributed by atoms with Crippen LogP contribution in [0.1, 0.15) is 56.6 Å². The van der Waals surface area contributed by atoms with Crippen LogP contribution in [0.25, 0.3) is 75.2 Å². The Labute approximate surface area is 290 Å². The fraction of sp³-hybridized carbons (Fsp3) is 0.178. The topological polar surface area (TPSA) is 33.6 Å². The molecular weight excluding hydrogens is 615 g/mol. The summed E-state index contributed by atoms with van der Waals surface area (Å²) in [4.78, 5) is 0. The van der Waals surface area contributed by atoms with Gasteiger partial charge in [0.05, 0.1) is 33.7 Å². The van der Waals surface area contributed by atoms with E-state index in [-0.39, 0.29) is 0 Å². The lowest BCUT2D eigenvalue weighted by atomic mass is 10.0. The van der Waals surface area contributed by atoms with Gasteiger partial charge < -0.3 is 9.13 Å². The average molecular weight is 652 g/mol. The van der Waals surface area contributed by atoms with Crippen LogP contribution in [-0.4, -0.2) is 9.13 Å². The Morgan fingerprint density at radius 1 is 0.510 bits per heavy atom. The standard InChI is InChI=1S/C45H37N3S/c1-2-3-4-5-6-7-12-30-17-21-42-36(25-30)34-13-8-10-15-40(34)47(42)32-19-23-44-38(27-32)39-28-33(20-24-45(39)49-44)48-41-16-11-9-14-35(41)37-26-31(29-46)18-22-43(37)48/h8-11,13-28H,2-7,12H2,1H3. The Bertz CT molecular complexity index is 2730. The molecule has 0 spiro atoms. The normalized spacial score (nSPS) is 11.9. The molecule has 0 aliphatic heterocycles. The molecule has 6 aromatic carbocycles. The second-order valence-corrected chi connectivity index (χ2v) is 14.5. The van der Waals surface area contributed by atoms with Crippen molar-refractivity contribution >= 4 is 75.1 Å². The number of benzene rings is 6. The third kappa shape index (κ3) is 5.00. The van der Waals surface area contributed by atoms with Gasteiger partial charge in [-0.2, -0.15) is 5.26 Å². The van der Waals surface area contributed by atoms with E-state index < -0.39 is 0 Å². The predicted molar refractivity (Wildman–Crippen MR) is 210 cm³/mol. The average Bonchev–Trinajstić information content (AvgIpc) is 3.79. The molecule has 3 heterocycles. The van der Waals surface area contributed by atoms with Gasteiger partial charge in [-0.15, -0.1) is 11.3 Å². The van der Waals surface area contributed by atoms with Gasteiger partial charge in [-0.25, -0.2) is 0 Å². The molecule has 0 amide bonds. The van der Waals surface area contributed by atoms with Gasteiger partial charge >= 0.3 is 0 Å². The molecule has 238 valence electrons. The van der Waals surface area contributed by atoms with Crippen molar-refractivity contribution in [1.82, 2.24) is 9.13 Å². The largest absolute Gasteiger partial charge is 0.309 e. The van der Waals surface area contributed by atoms with Gasteiger partial charge in [0.2, 0.25) is 0 Å². The van der Waals surface area contributed by atoms with Gasteiger partial charge in [0.15, 0.2) is 0 Å². The first-order chi connectivity index (χ1) is 24.2. The van der Waals surface area contributed by atoms with Crippen molar-refractivity contribution in [2.45, 2.75) is 51.9 Å². The quantitative estimate of drug-likeness (QED) is 0.143. The number of hydrogen-bond acceptors (Lipinski definition) is 2. The molecule has 3 nitrogen and oxygen atoms in total. The molecule has 49 heavy (non-hydrogen) atoms. The Balaban J connectivity index is 1.16. The third-order valence-corrected chi connectivity index (χ3v) is 11.5. The Morgan fingerprint density at radius 3 is 1.69 bits per heavy atom. The SMILES string of the molecule is CCCCCCCCc1ccc2c(c1)c1ccccc1n2-c1ccc2sc3ccc(-n4c5ccccc5c5cc(C#N)ccc54)cc3c2c1. The van der Waals surface area contributed by atoms with Crippen LogP contribution in [0.4, 0.5) is 0 Å². The van der Waals surface area contributed by atoms with E-state index in [0.717, 1.165) is 33.9 Å². The maximum absolute atomic E-state index is 9.61. The number of nitriles is 1. The van der Waals surface area contributed by atoms with Gasteiger partial charge in [-0.1, -0.05) is 81.5 Å². The summed E-state index contributed by atoms with van der Waals surface area (Å²) in [5.74, 6) is 0. The summed E-state index contributed by atoms with van der Waals surface area (Å²) in [6, 6.07) is 46.7. The van der Waals surface area contributed by atoms with Crippen LogP contribution in [0, 0.1) is 11.3 Å². The minimum absolute atomic E-state index is 0.682. The van der Waals surface area contributed by atoms with Crippen LogP contribution in [0.5, 0.6) is 0 Å². The molecular formula is C45H37N3S. The van der Waals surface area contributed by atoms with Crippen LogP contribution < -0.4 is 0 Å². The zero-order valence-corrected chi connectivity index (χ0v) is 28.6. The molecule has 0 bridgehead atoms.